The van der Waals surface area contributed by atoms with Gasteiger partial charge < -0.3 is 10.5 Å². The molecule has 3 aromatic rings. The van der Waals surface area contributed by atoms with Gasteiger partial charge in [0.1, 0.15) is 5.75 Å². The average molecular weight is 269 g/mol. The third-order valence-corrected chi connectivity index (χ3v) is 4.07. The number of hydrogen-bond acceptors (Lipinski definition) is 3. The lowest BCUT2D eigenvalue weighted by molar-refractivity contribution is 0.409. The zero-order valence-corrected chi connectivity index (χ0v) is 11.5. The highest BCUT2D eigenvalue weighted by Crippen LogP contribution is 2.35. The van der Waals surface area contributed by atoms with Crippen LogP contribution in [0.15, 0.2) is 53.2 Å². The van der Waals surface area contributed by atoms with E-state index in [2.05, 4.69) is 29.6 Å². The Kier molecular flexibility index (Phi) is 3.23. The quantitative estimate of drug-likeness (QED) is 0.781. The fourth-order valence-corrected chi connectivity index (χ4v) is 3.09. The van der Waals surface area contributed by atoms with Crippen molar-refractivity contribution in [1.82, 2.24) is 0 Å². The van der Waals surface area contributed by atoms with E-state index >= 15 is 0 Å². The molecule has 2 aromatic carbocycles. The van der Waals surface area contributed by atoms with Crippen LogP contribution >= 0.6 is 11.3 Å². The van der Waals surface area contributed by atoms with Gasteiger partial charge in [0.05, 0.1) is 13.2 Å². The molecule has 19 heavy (non-hydrogen) atoms. The van der Waals surface area contributed by atoms with Crippen molar-refractivity contribution in [1.29, 1.82) is 0 Å². The number of ether oxygens (including phenoxy) is 1. The lowest BCUT2D eigenvalue weighted by Crippen LogP contribution is -2.12. The number of thiophene rings is 1. The minimum Gasteiger partial charge on any atom is -0.496 e. The number of hydrogen-bond donors (Lipinski definition) is 1. The summed E-state index contributed by atoms with van der Waals surface area (Å²) in [4.78, 5) is 0. The second kappa shape index (κ2) is 5.03. The van der Waals surface area contributed by atoms with Crippen LogP contribution in [0.5, 0.6) is 5.75 Å². The Morgan fingerprint density at radius 2 is 1.95 bits per heavy atom. The molecule has 0 fully saturated rings. The van der Waals surface area contributed by atoms with Gasteiger partial charge in [-0.2, -0.15) is 11.3 Å². The molecule has 0 aliphatic rings. The molecule has 0 saturated carbocycles. The number of methoxy groups -OCH3 is 1. The Labute approximate surface area is 116 Å². The third kappa shape index (κ3) is 2.11. The molecular weight excluding hydrogens is 254 g/mol. The molecule has 3 rings (SSSR count). The summed E-state index contributed by atoms with van der Waals surface area (Å²) >= 11 is 1.66. The van der Waals surface area contributed by atoms with Crippen LogP contribution in [-0.2, 0) is 0 Å². The van der Waals surface area contributed by atoms with Crippen LogP contribution in [0.3, 0.4) is 0 Å². The molecule has 96 valence electrons. The number of nitrogens with two attached hydrogens (primary N) is 1. The van der Waals surface area contributed by atoms with Crippen LogP contribution in [0.2, 0.25) is 0 Å². The molecule has 2 nitrogen and oxygen atoms in total. The first-order valence-corrected chi connectivity index (χ1v) is 7.09. The van der Waals surface area contributed by atoms with Crippen LogP contribution in [0, 0.1) is 0 Å². The molecular formula is C16H15NOS. The number of rotatable bonds is 3. The fraction of sp³-hybridized carbons (Fsp3) is 0.125. The summed E-state index contributed by atoms with van der Waals surface area (Å²) in [7, 11) is 1.69. The van der Waals surface area contributed by atoms with E-state index in [0.29, 0.717) is 0 Å². The lowest BCUT2D eigenvalue weighted by Gasteiger charge is -2.17. The standard InChI is InChI=1S/C16H15NOS/c1-18-14-7-6-11-4-2-3-5-13(11)15(14)16(17)12-8-9-19-10-12/h2-10,16H,17H2,1H3/t16-/m0/s1. The van der Waals surface area contributed by atoms with Crippen molar-refractivity contribution in [3.8, 4) is 5.75 Å². The van der Waals surface area contributed by atoms with E-state index in [1.807, 2.05) is 23.6 Å². The monoisotopic (exact) mass is 269 g/mol. The molecule has 0 aliphatic carbocycles. The molecule has 2 N–H and O–H groups in total. The van der Waals surface area contributed by atoms with E-state index in [1.165, 1.54) is 5.39 Å². The summed E-state index contributed by atoms with van der Waals surface area (Å²) in [5.41, 5.74) is 8.61. The highest BCUT2D eigenvalue weighted by Gasteiger charge is 2.17. The maximum absolute atomic E-state index is 6.43. The van der Waals surface area contributed by atoms with Crippen LogP contribution < -0.4 is 10.5 Å². The Bertz CT molecular complexity index is 691. The normalized spacial score (nSPS) is 12.5. The smallest absolute Gasteiger partial charge is 0.124 e. The van der Waals surface area contributed by atoms with Crippen molar-refractivity contribution in [3.63, 3.8) is 0 Å². The Hall–Kier alpha value is -1.84. The zero-order chi connectivity index (χ0) is 13.2. The third-order valence-electron chi connectivity index (χ3n) is 3.36. The summed E-state index contributed by atoms with van der Waals surface area (Å²) in [5.74, 6) is 0.845. The van der Waals surface area contributed by atoms with Crippen molar-refractivity contribution in [2.24, 2.45) is 5.73 Å². The van der Waals surface area contributed by atoms with Crippen molar-refractivity contribution < 1.29 is 4.74 Å². The van der Waals surface area contributed by atoms with Gasteiger partial charge in [-0.05, 0) is 39.2 Å². The van der Waals surface area contributed by atoms with Gasteiger partial charge >= 0.3 is 0 Å². The molecule has 3 heteroatoms. The largest absolute Gasteiger partial charge is 0.496 e. The summed E-state index contributed by atoms with van der Waals surface area (Å²) in [6.45, 7) is 0. The predicted octanol–water partition coefficient (Wildman–Crippen LogP) is 3.96. The molecule has 0 spiro atoms. The second-order valence-electron chi connectivity index (χ2n) is 4.44. The summed E-state index contributed by atoms with van der Waals surface area (Å²) < 4.78 is 5.50. The molecule has 0 saturated heterocycles. The molecule has 0 bridgehead atoms. The molecule has 1 heterocycles. The highest BCUT2D eigenvalue weighted by atomic mass is 32.1. The van der Waals surface area contributed by atoms with Gasteiger partial charge in [-0.3, -0.25) is 0 Å². The first-order chi connectivity index (χ1) is 9.31. The van der Waals surface area contributed by atoms with E-state index in [4.69, 9.17) is 10.5 Å². The van der Waals surface area contributed by atoms with E-state index in [1.54, 1.807) is 18.4 Å². The molecule has 0 radical (unpaired) electrons. The van der Waals surface area contributed by atoms with E-state index < -0.39 is 0 Å². The van der Waals surface area contributed by atoms with Crippen molar-refractivity contribution in [2.75, 3.05) is 7.11 Å². The topological polar surface area (TPSA) is 35.2 Å². The molecule has 0 amide bonds. The molecule has 1 aromatic heterocycles. The first kappa shape index (κ1) is 12.2. The van der Waals surface area contributed by atoms with Gasteiger partial charge in [0.2, 0.25) is 0 Å². The van der Waals surface area contributed by atoms with Gasteiger partial charge in [-0.25, -0.2) is 0 Å². The molecule has 0 unspecified atom stereocenters. The van der Waals surface area contributed by atoms with Crippen LogP contribution in [0.1, 0.15) is 17.2 Å². The van der Waals surface area contributed by atoms with E-state index in [-0.39, 0.29) is 6.04 Å². The van der Waals surface area contributed by atoms with Crippen LogP contribution in [-0.4, -0.2) is 7.11 Å². The number of fused-ring (bicyclic) bond motifs is 1. The average Bonchev–Trinajstić information content (AvgIpc) is 2.99. The Morgan fingerprint density at radius 1 is 1.11 bits per heavy atom. The van der Waals surface area contributed by atoms with Crippen LogP contribution in [0.25, 0.3) is 10.8 Å². The number of benzene rings is 2. The van der Waals surface area contributed by atoms with Gasteiger partial charge in [-0.1, -0.05) is 30.3 Å². The second-order valence-corrected chi connectivity index (χ2v) is 5.22. The minimum atomic E-state index is -0.160. The van der Waals surface area contributed by atoms with Gasteiger partial charge in [0, 0.05) is 5.56 Å². The van der Waals surface area contributed by atoms with Gasteiger partial charge in [0.15, 0.2) is 0 Å². The Balaban J connectivity index is 2.25. The fourth-order valence-electron chi connectivity index (χ4n) is 2.39. The highest BCUT2D eigenvalue weighted by molar-refractivity contribution is 7.08. The predicted molar refractivity (Wildman–Crippen MR) is 80.8 cm³/mol. The molecule has 1 atom stereocenters. The Morgan fingerprint density at radius 3 is 2.68 bits per heavy atom. The van der Waals surface area contributed by atoms with Gasteiger partial charge in [-0.15, -0.1) is 0 Å². The van der Waals surface area contributed by atoms with Gasteiger partial charge in [0.25, 0.3) is 0 Å². The van der Waals surface area contributed by atoms with Crippen molar-refractivity contribution in [3.05, 3.63) is 64.4 Å². The minimum absolute atomic E-state index is 0.160. The maximum Gasteiger partial charge on any atom is 0.124 e. The maximum atomic E-state index is 6.43. The van der Waals surface area contributed by atoms with E-state index in [9.17, 15) is 0 Å². The molecule has 0 aliphatic heterocycles. The van der Waals surface area contributed by atoms with Crippen molar-refractivity contribution in [2.45, 2.75) is 6.04 Å². The first-order valence-electron chi connectivity index (χ1n) is 6.14. The van der Waals surface area contributed by atoms with E-state index in [0.717, 1.165) is 22.3 Å². The SMILES string of the molecule is COc1ccc2ccccc2c1[C@@H](N)c1ccsc1. The summed E-state index contributed by atoms with van der Waals surface area (Å²) in [5, 5.41) is 6.48. The summed E-state index contributed by atoms with van der Waals surface area (Å²) in [6, 6.07) is 14.2. The van der Waals surface area contributed by atoms with Crippen molar-refractivity contribution >= 4 is 22.1 Å². The zero-order valence-electron chi connectivity index (χ0n) is 10.7. The lowest BCUT2D eigenvalue weighted by atomic mass is 9.95. The van der Waals surface area contributed by atoms with Crippen LogP contribution in [0.4, 0.5) is 0 Å². The summed E-state index contributed by atoms with van der Waals surface area (Å²) in [6.07, 6.45) is 0.